The third-order valence-corrected chi connectivity index (χ3v) is 3.89. The first-order chi connectivity index (χ1) is 7.72. The Labute approximate surface area is 104 Å². The lowest BCUT2D eigenvalue weighted by atomic mass is 9.87. The van der Waals surface area contributed by atoms with E-state index >= 15 is 0 Å². The Morgan fingerprint density at radius 1 is 1.31 bits per heavy atom. The van der Waals surface area contributed by atoms with Gasteiger partial charge in [-0.15, -0.1) is 0 Å². The Morgan fingerprint density at radius 2 is 2.19 bits per heavy atom. The van der Waals surface area contributed by atoms with Crippen molar-refractivity contribution in [1.29, 1.82) is 0 Å². The van der Waals surface area contributed by atoms with Crippen LogP contribution in [0, 0.1) is 5.92 Å². The molecule has 1 atom stereocenters. The minimum absolute atomic E-state index is 0.782. The summed E-state index contributed by atoms with van der Waals surface area (Å²) in [6.07, 6.45) is 3.63. The summed E-state index contributed by atoms with van der Waals surface area (Å²) in [5.74, 6) is 0.782. The zero-order chi connectivity index (χ0) is 11.1. The van der Waals surface area contributed by atoms with Crippen LogP contribution in [0.3, 0.4) is 0 Å². The van der Waals surface area contributed by atoms with Crippen LogP contribution in [0.5, 0.6) is 0 Å². The molecule has 1 aromatic heterocycles. The van der Waals surface area contributed by atoms with Crippen LogP contribution < -0.4 is 0 Å². The van der Waals surface area contributed by atoms with Crippen molar-refractivity contribution in [2.24, 2.45) is 5.92 Å². The van der Waals surface area contributed by atoms with E-state index < -0.39 is 0 Å². The molecule has 0 saturated carbocycles. The second kappa shape index (κ2) is 3.85. The van der Waals surface area contributed by atoms with Gasteiger partial charge in [0.2, 0.25) is 0 Å². The normalized spacial score (nSPS) is 19.8. The van der Waals surface area contributed by atoms with Crippen LogP contribution in [0.4, 0.5) is 0 Å². The van der Waals surface area contributed by atoms with Gasteiger partial charge in [0.05, 0.1) is 5.52 Å². The fourth-order valence-corrected chi connectivity index (χ4v) is 2.80. The summed E-state index contributed by atoms with van der Waals surface area (Å²) in [6, 6.07) is 8.65. The quantitative estimate of drug-likeness (QED) is 0.705. The van der Waals surface area contributed by atoms with Crippen LogP contribution in [0.2, 0.25) is 0 Å². The predicted octanol–water partition coefficient (Wildman–Crippen LogP) is 4.12. The van der Waals surface area contributed by atoms with E-state index in [1.165, 1.54) is 29.5 Å². The van der Waals surface area contributed by atoms with Crippen molar-refractivity contribution >= 4 is 26.8 Å². The third-order valence-electron chi connectivity index (χ3n) is 3.40. The Kier molecular flexibility index (Phi) is 2.47. The molecule has 3 rings (SSSR count). The number of benzene rings is 1. The molecule has 0 aliphatic heterocycles. The van der Waals surface area contributed by atoms with Gasteiger partial charge in [-0.25, -0.2) is 0 Å². The Morgan fingerprint density at radius 3 is 3.06 bits per heavy atom. The largest absolute Gasteiger partial charge is 0.253 e. The average molecular weight is 276 g/mol. The van der Waals surface area contributed by atoms with Crippen LogP contribution in [-0.4, -0.2) is 4.98 Å². The molecular weight excluding hydrogens is 262 g/mol. The molecule has 2 aromatic rings. The molecule has 1 aliphatic rings. The molecule has 0 spiro atoms. The number of aryl methyl sites for hydroxylation is 1. The molecule has 0 amide bonds. The van der Waals surface area contributed by atoms with Crippen LogP contribution in [0.15, 0.2) is 28.7 Å². The summed E-state index contributed by atoms with van der Waals surface area (Å²) in [4.78, 5) is 4.80. The Bertz CT molecular complexity index is 548. The van der Waals surface area contributed by atoms with E-state index in [1.54, 1.807) is 0 Å². The van der Waals surface area contributed by atoms with Crippen LogP contribution >= 0.6 is 15.9 Å². The van der Waals surface area contributed by atoms with Gasteiger partial charge in [-0.1, -0.05) is 28.9 Å². The molecule has 1 aromatic carbocycles. The Hall–Kier alpha value is -0.890. The van der Waals surface area contributed by atoms with E-state index in [0.29, 0.717) is 0 Å². The van der Waals surface area contributed by atoms with Crippen LogP contribution in [0.25, 0.3) is 10.9 Å². The number of hydrogen-bond acceptors (Lipinski definition) is 1. The molecular formula is C14H14BrN. The highest BCUT2D eigenvalue weighted by molar-refractivity contribution is 9.10. The van der Waals surface area contributed by atoms with Gasteiger partial charge in [0.1, 0.15) is 0 Å². The maximum atomic E-state index is 4.80. The number of rotatable bonds is 0. The maximum Gasteiger partial charge on any atom is 0.0716 e. The summed E-state index contributed by atoms with van der Waals surface area (Å²) in [5.41, 5.74) is 3.87. The molecule has 0 saturated heterocycles. The lowest BCUT2D eigenvalue weighted by molar-refractivity contribution is 0.493. The minimum atomic E-state index is 0.782. The van der Waals surface area contributed by atoms with Gasteiger partial charge in [0.25, 0.3) is 0 Å². The van der Waals surface area contributed by atoms with Crippen molar-refractivity contribution in [1.82, 2.24) is 4.98 Å². The van der Waals surface area contributed by atoms with Gasteiger partial charge >= 0.3 is 0 Å². The molecule has 0 radical (unpaired) electrons. The average Bonchev–Trinajstić information content (AvgIpc) is 2.26. The van der Waals surface area contributed by atoms with E-state index in [0.717, 1.165) is 22.3 Å². The first-order valence-electron chi connectivity index (χ1n) is 5.80. The highest BCUT2D eigenvalue weighted by atomic mass is 79.9. The van der Waals surface area contributed by atoms with E-state index in [-0.39, 0.29) is 0 Å². The molecule has 1 heterocycles. The molecule has 2 heteroatoms. The van der Waals surface area contributed by atoms with Crippen molar-refractivity contribution in [2.75, 3.05) is 0 Å². The number of aromatic nitrogens is 1. The van der Waals surface area contributed by atoms with Crippen LogP contribution in [-0.2, 0) is 12.8 Å². The van der Waals surface area contributed by atoms with Crippen molar-refractivity contribution in [2.45, 2.75) is 26.2 Å². The predicted molar refractivity (Wildman–Crippen MR) is 70.6 cm³/mol. The molecule has 1 nitrogen and oxygen atoms in total. The molecule has 1 unspecified atom stereocenters. The van der Waals surface area contributed by atoms with E-state index in [4.69, 9.17) is 4.98 Å². The SMILES string of the molecule is CC1CCc2cc3ccc(Br)cc3nc2C1. The molecule has 0 fully saturated rings. The second-order valence-corrected chi connectivity index (χ2v) is 5.69. The number of nitrogens with zero attached hydrogens (tertiary/aromatic N) is 1. The summed E-state index contributed by atoms with van der Waals surface area (Å²) in [5, 5.41) is 1.26. The van der Waals surface area contributed by atoms with Crippen molar-refractivity contribution in [3.05, 3.63) is 40.0 Å². The summed E-state index contributed by atoms with van der Waals surface area (Å²) >= 11 is 3.50. The first kappa shape index (κ1) is 10.3. The van der Waals surface area contributed by atoms with Gasteiger partial charge in [-0.3, -0.25) is 4.98 Å². The highest BCUT2D eigenvalue weighted by Gasteiger charge is 2.16. The molecule has 82 valence electrons. The van der Waals surface area contributed by atoms with Gasteiger partial charge in [-0.2, -0.15) is 0 Å². The lowest BCUT2D eigenvalue weighted by Gasteiger charge is -2.20. The topological polar surface area (TPSA) is 12.9 Å². The number of halogens is 1. The smallest absolute Gasteiger partial charge is 0.0716 e. The number of hydrogen-bond donors (Lipinski definition) is 0. The van der Waals surface area contributed by atoms with Crippen molar-refractivity contribution in [3.8, 4) is 0 Å². The standard InChI is InChI=1S/C14H14BrN/c1-9-2-3-10-7-11-4-5-12(15)8-14(11)16-13(10)6-9/h4-5,7-9H,2-3,6H2,1H3. The maximum absolute atomic E-state index is 4.80. The van der Waals surface area contributed by atoms with E-state index in [2.05, 4.69) is 47.1 Å². The summed E-state index contributed by atoms with van der Waals surface area (Å²) < 4.78 is 1.11. The molecule has 0 N–H and O–H groups in total. The zero-order valence-electron chi connectivity index (χ0n) is 9.33. The number of pyridine rings is 1. The van der Waals surface area contributed by atoms with Crippen LogP contribution in [0.1, 0.15) is 24.6 Å². The van der Waals surface area contributed by atoms with Gasteiger partial charge < -0.3 is 0 Å². The monoisotopic (exact) mass is 275 g/mol. The highest BCUT2D eigenvalue weighted by Crippen LogP contribution is 2.28. The van der Waals surface area contributed by atoms with Gasteiger partial charge in [-0.05, 0) is 48.9 Å². The summed E-state index contributed by atoms with van der Waals surface area (Å²) in [6.45, 7) is 2.32. The molecule has 1 aliphatic carbocycles. The lowest BCUT2D eigenvalue weighted by Crippen LogP contribution is -2.12. The Balaban J connectivity index is 2.20. The minimum Gasteiger partial charge on any atom is -0.253 e. The van der Waals surface area contributed by atoms with E-state index in [1.807, 2.05) is 0 Å². The number of fused-ring (bicyclic) bond motifs is 2. The van der Waals surface area contributed by atoms with E-state index in [9.17, 15) is 0 Å². The van der Waals surface area contributed by atoms with Gasteiger partial charge in [0, 0.05) is 15.6 Å². The summed E-state index contributed by atoms with van der Waals surface area (Å²) in [7, 11) is 0. The second-order valence-electron chi connectivity index (χ2n) is 4.78. The third kappa shape index (κ3) is 1.75. The molecule has 0 bridgehead atoms. The zero-order valence-corrected chi connectivity index (χ0v) is 10.9. The fourth-order valence-electron chi connectivity index (χ4n) is 2.45. The van der Waals surface area contributed by atoms with Crippen molar-refractivity contribution < 1.29 is 0 Å². The fraction of sp³-hybridized carbons (Fsp3) is 0.357. The molecule has 16 heavy (non-hydrogen) atoms. The first-order valence-corrected chi connectivity index (χ1v) is 6.60. The van der Waals surface area contributed by atoms with Gasteiger partial charge in [0.15, 0.2) is 0 Å². The van der Waals surface area contributed by atoms with Crippen molar-refractivity contribution in [3.63, 3.8) is 0 Å².